The summed E-state index contributed by atoms with van der Waals surface area (Å²) in [6.07, 6.45) is -7.97. The van der Waals surface area contributed by atoms with Crippen LogP contribution in [0.4, 0.5) is 11.4 Å². The van der Waals surface area contributed by atoms with E-state index in [0.29, 0.717) is 30.9 Å². The molecular weight excluding hydrogens is 672 g/mol. The first kappa shape index (κ1) is 37.9. The zero-order valence-corrected chi connectivity index (χ0v) is 27.0. The number of nitrogens with zero attached hydrogens (tertiary/aromatic N) is 4. The van der Waals surface area contributed by atoms with Crippen molar-refractivity contribution in [3.05, 3.63) is 34.1 Å². The van der Waals surface area contributed by atoms with Gasteiger partial charge >= 0.3 is 5.69 Å². The van der Waals surface area contributed by atoms with E-state index in [-0.39, 0.29) is 23.8 Å². The molecule has 1 aromatic heterocycles. The highest BCUT2D eigenvalue weighted by molar-refractivity contribution is 5.70. The number of aromatic nitrogens is 3. The molecule has 1 aromatic carbocycles. The maximum absolute atomic E-state index is 11.2. The molecule has 2 aromatic rings. The molecule has 2 saturated heterocycles. The van der Waals surface area contributed by atoms with Crippen molar-refractivity contribution >= 4 is 11.4 Å². The van der Waals surface area contributed by atoms with Crippen LogP contribution in [0.3, 0.4) is 0 Å². The lowest BCUT2D eigenvalue weighted by atomic mass is 9.97. The molecule has 21 nitrogen and oxygen atoms in total. The first-order valence-electron chi connectivity index (χ1n) is 16.4. The summed E-state index contributed by atoms with van der Waals surface area (Å²) in [6.45, 7) is -0.117. The summed E-state index contributed by atoms with van der Waals surface area (Å²) in [7, 11) is 0. The normalized spacial score (nSPS) is 30.8. The molecule has 0 bridgehead atoms. The number of hydrogen-bond acceptors (Lipinski definition) is 19. The van der Waals surface area contributed by atoms with E-state index < -0.39 is 79.5 Å². The maximum atomic E-state index is 11.2. The Hall–Kier alpha value is -3.32. The highest BCUT2D eigenvalue weighted by Crippen LogP contribution is 2.44. The average molecular weight is 717 g/mol. The number of aryl methyl sites for hydroxylation is 1. The number of nitrogens with one attached hydrogen (secondary N) is 2. The molecule has 10 atom stereocenters. The summed E-state index contributed by atoms with van der Waals surface area (Å²) >= 11 is 0. The van der Waals surface area contributed by atoms with Crippen LogP contribution in [0.25, 0.3) is 0 Å². The van der Waals surface area contributed by atoms with Gasteiger partial charge in [-0.05, 0) is 18.9 Å². The third kappa shape index (κ3) is 8.93. The molecule has 0 amide bonds. The minimum Gasteiger partial charge on any atom is -0.394 e. The lowest BCUT2D eigenvalue weighted by Gasteiger charge is -2.45. The van der Waals surface area contributed by atoms with Crippen molar-refractivity contribution in [1.82, 2.24) is 20.6 Å². The molecule has 21 heteroatoms. The van der Waals surface area contributed by atoms with E-state index in [9.17, 15) is 45.9 Å². The van der Waals surface area contributed by atoms with Crippen LogP contribution < -0.4 is 20.6 Å². The lowest BCUT2D eigenvalue weighted by Crippen LogP contribution is -2.64. The first-order chi connectivity index (χ1) is 24.1. The zero-order chi connectivity index (χ0) is 35.8. The Bertz CT molecular complexity index is 1390. The van der Waals surface area contributed by atoms with Gasteiger partial charge in [0.05, 0.1) is 36.6 Å². The number of fused-ring (bicyclic) bond motifs is 1. The van der Waals surface area contributed by atoms with Gasteiger partial charge in [0.15, 0.2) is 12.6 Å². The summed E-state index contributed by atoms with van der Waals surface area (Å²) in [5.41, 5.74) is 3.11. The Labute approximate surface area is 285 Å². The fourth-order valence-corrected chi connectivity index (χ4v) is 5.82. The molecule has 0 radical (unpaired) electrons. The van der Waals surface area contributed by atoms with Crippen molar-refractivity contribution in [2.75, 3.05) is 25.1 Å². The summed E-state index contributed by atoms with van der Waals surface area (Å²) in [6, 6.07) is 2.84. The minimum absolute atomic E-state index is 0.0126. The Morgan fingerprint density at radius 3 is 2.28 bits per heavy atom. The number of unbranched alkanes of at least 4 members (excludes halogenated alkanes) is 5. The van der Waals surface area contributed by atoms with Crippen LogP contribution >= 0.6 is 0 Å². The minimum atomic E-state index is -1.75. The topological polar surface area (TPSA) is 295 Å². The molecular formula is C29H44N6O15. The van der Waals surface area contributed by atoms with Crippen LogP contribution in [0.2, 0.25) is 0 Å². The van der Waals surface area contributed by atoms with Crippen molar-refractivity contribution in [2.24, 2.45) is 0 Å². The second kappa shape index (κ2) is 17.7. The number of benzene rings is 1. The molecule has 4 heterocycles. The van der Waals surface area contributed by atoms with E-state index in [1.807, 2.05) is 6.20 Å². The molecule has 50 heavy (non-hydrogen) atoms. The number of nitro benzene ring substituents is 1. The van der Waals surface area contributed by atoms with Gasteiger partial charge in [0.2, 0.25) is 5.75 Å². The SMILES string of the molecule is O=[N+]([O-])c1ccc(NCc2cn(CCCCCCCCO[C@@H]3O[C@H](CO)[C@H](O)[C@H](O[C@@H]4O[C@H](CO)[C@H](O)[C@H](O)[C@H]4O)[C@H]3O)nn2)c2c1ONO2. The van der Waals surface area contributed by atoms with E-state index in [1.54, 1.807) is 4.68 Å². The van der Waals surface area contributed by atoms with Crippen LogP contribution in [0.15, 0.2) is 18.3 Å². The van der Waals surface area contributed by atoms with Gasteiger partial charge < -0.3 is 69.7 Å². The number of nitro groups is 1. The second-order valence-corrected chi connectivity index (χ2v) is 12.2. The highest BCUT2D eigenvalue weighted by Gasteiger charge is 2.50. The summed E-state index contributed by atoms with van der Waals surface area (Å²) in [5, 5.41) is 93.5. The molecule has 0 aliphatic carbocycles. The Morgan fingerprint density at radius 1 is 0.860 bits per heavy atom. The molecule has 3 aliphatic rings. The van der Waals surface area contributed by atoms with E-state index in [2.05, 4.69) is 21.3 Å². The van der Waals surface area contributed by atoms with Crippen molar-refractivity contribution in [1.29, 1.82) is 0 Å². The zero-order valence-electron chi connectivity index (χ0n) is 27.0. The number of ether oxygens (including phenoxy) is 4. The van der Waals surface area contributed by atoms with Gasteiger partial charge in [0.1, 0.15) is 54.5 Å². The third-order valence-electron chi connectivity index (χ3n) is 8.65. The number of rotatable bonds is 18. The van der Waals surface area contributed by atoms with Gasteiger partial charge in [-0.2, -0.15) is 0 Å². The van der Waals surface area contributed by atoms with Gasteiger partial charge in [0, 0.05) is 24.9 Å². The van der Waals surface area contributed by atoms with Gasteiger partial charge in [0.25, 0.3) is 5.75 Å². The van der Waals surface area contributed by atoms with Gasteiger partial charge in [-0.1, -0.05) is 30.9 Å². The number of hydrogen-bond donors (Lipinski definition) is 9. The standard InChI is InChI=1S/C29H44N6O15/c36-13-18-20(38)22(40)23(41)29(47-18)48-27-21(39)19(14-37)46-28(24(27)42)45-10-6-4-2-1-3-5-9-34-12-15(31-32-34)11-30-16-7-8-17(35(43)44)26-25(16)49-33-50-26/h7-8,12,18-24,27-30,33,36-42H,1-6,9-11,13-14H2/t18-,19-,20+,21+,22+,23-,24-,27+,28-,29+/m1/s1. The smallest absolute Gasteiger partial charge is 0.317 e. The Kier molecular flexibility index (Phi) is 13.5. The van der Waals surface area contributed by atoms with Gasteiger partial charge in [-0.3, -0.25) is 14.8 Å². The van der Waals surface area contributed by atoms with Crippen LogP contribution in [0, 0.1) is 10.1 Å². The predicted molar refractivity (Wildman–Crippen MR) is 165 cm³/mol. The van der Waals surface area contributed by atoms with Gasteiger partial charge in [-0.25, -0.2) is 0 Å². The van der Waals surface area contributed by atoms with Crippen molar-refractivity contribution in [3.63, 3.8) is 0 Å². The second-order valence-electron chi connectivity index (χ2n) is 12.2. The van der Waals surface area contributed by atoms with E-state index in [4.69, 9.17) is 28.6 Å². The molecule has 0 saturated carbocycles. The van der Waals surface area contributed by atoms with Crippen LogP contribution in [0.1, 0.15) is 44.2 Å². The molecule has 280 valence electrons. The Balaban J connectivity index is 0.969. The fourth-order valence-electron chi connectivity index (χ4n) is 5.82. The van der Waals surface area contributed by atoms with Crippen molar-refractivity contribution in [3.8, 4) is 11.5 Å². The third-order valence-corrected chi connectivity index (χ3v) is 8.65. The average Bonchev–Trinajstić information content (AvgIpc) is 3.79. The van der Waals surface area contributed by atoms with Crippen LogP contribution in [-0.2, 0) is 32.0 Å². The van der Waals surface area contributed by atoms with Crippen LogP contribution in [-0.4, -0.2) is 137 Å². The Morgan fingerprint density at radius 2 is 1.54 bits per heavy atom. The lowest BCUT2D eigenvalue weighted by molar-refractivity contribution is -0.385. The summed E-state index contributed by atoms with van der Waals surface area (Å²) in [5.74, 6) is 0.169. The fraction of sp³-hybridized carbons (Fsp3) is 0.724. The maximum Gasteiger partial charge on any atom is 0.317 e. The summed E-state index contributed by atoms with van der Waals surface area (Å²) < 4.78 is 23.9. The van der Waals surface area contributed by atoms with Crippen LogP contribution in [0.5, 0.6) is 11.5 Å². The first-order valence-corrected chi connectivity index (χ1v) is 16.4. The molecule has 5 rings (SSSR count). The van der Waals surface area contributed by atoms with Crippen molar-refractivity contribution < 1.29 is 69.3 Å². The van der Waals surface area contributed by atoms with Gasteiger partial charge in [-0.15, -0.1) is 5.10 Å². The monoisotopic (exact) mass is 716 g/mol. The molecule has 0 spiro atoms. The number of anilines is 1. The molecule has 0 unspecified atom stereocenters. The summed E-state index contributed by atoms with van der Waals surface area (Å²) in [4.78, 5) is 20.8. The predicted octanol–water partition coefficient (Wildman–Crippen LogP) is -2.03. The quantitative estimate of drug-likeness (QED) is 0.0456. The molecule has 9 N–H and O–H groups in total. The highest BCUT2D eigenvalue weighted by atomic mass is 16.9. The number of aliphatic hydroxyl groups excluding tert-OH is 7. The van der Waals surface area contributed by atoms with E-state index in [1.165, 1.54) is 12.1 Å². The molecule has 2 fully saturated rings. The van der Waals surface area contributed by atoms with E-state index in [0.717, 1.165) is 32.1 Å². The largest absolute Gasteiger partial charge is 0.394 e. The number of aliphatic hydroxyl groups is 7. The van der Waals surface area contributed by atoms with Crippen molar-refractivity contribution in [2.45, 2.75) is 113 Å². The van der Waals surface area contributed by atoms with E-state index >= 15 is 0 Å². The molecule has 3 aliphatic heterocycles.